The van der Waals surface area contributed by atoms with Crippen molar-refractivity contribution in [2.75, 3.05) is 6.54 Å². The van der Waals surface area contributed by atoms with E-state index in [0.29, 0.717) is 11.2 Å². The second-order valence-electron chi connectivity index (χ2n) is 5.47. The van der Waals surface area contributed by atoms with Gasteiger partial charge in [-0.15, -0.1) is 0 Å². The molecular weight excluding hydrogens is 254 g/mol. The average Bonchev–Trinajstić information content (AvgIpc) is 2.35. The molecule has 0 fully saturated rings. The molecule has 0 bridgehead atoms. The van der Waals surface area contributed by atoms with Crippen molar-refractivity contribution in [3.05, 3.63) is 23.3 Å². The average molecular weight is 281 g/mol. The maximum absolute atomic E-state index is 4.64. The minimum Gasteiger partial charge on any atom is -0.311 e. The van der Waals surface area contributed by atoms with E-state index in [9.17, 15) is 0 Å². The Bertz CT molecular complexity index is 380. The fourth-order valence-corrected chi connectivity index (χ4v) is 2.48. The zero-order chi connectivity index (χ0) is 14.3. The van der Waals surface area contributed by atoms with Gasteiger partial charge in [-0.25, -0.2) is 9.97 Å². The molecule has 0 radical (unpaired) electrons. The van der Waals surface area contributed by atoms with Crippen LogP contribution in [0.4, 0.5) is 0 Å². The van der Waals surface area contributed by atoms with Crippen molar-refractivity contribution in [2.45, 2.75) is 58.6 Å². The van der Waals surface area contributed by atoms with Gasteiger partial charge in [0.2, 0.25) is 0 Å². The lowest BCUT2D eigenvalue weighted by Gasteiger charge is -2.10. The van der Waals surface area contributed by atoms with E-state index < -0.39 is 0 Å². The zero-order valence-corrected chi connectivity index (χ0v) is 13.7. The Hall–Kier alpha value is -0.610. The summed E-state index contributed by atoms with van der Waals surface area (Å²) >= 11 is 1.93. The first-order chi connectivity index (χ1) is 9.01. The molecular formula is C15H27N3S. The highest BCUT2D eigenvalue weighted by Gasteiger charge is 2.05. The highest BCUT2D eigenvalue weighted by Crippen LogP contribution is 2.18. The second-order valence-corrected chi connectivity index (χ2v) is 6.90. The Morgan fingerprint density at radius 3 is 2.63 bits per heavy atom. The fraction of sp³-hybridized carbons (Fsp3) is 0.733. The van der Waals surface area contributed by atoms with Gasteiger partial charge in [0.15, 0.2) is 0 Å². The molecule has 1 atom stereocenters. The van der Waals surface area contributed by atoms with Gasteiger partial charge in [0, 0.05) is 17.5 Å². The maximum atomic E-state index is 4.64. The molecule has 0 aliphatic heterocycles. The fourth-order valence-electron chi connectivity index (χ4n) is 1.68. The van der Waals surface area contributed by atoms with E-state index in [1.807, 2.05) is 18.7 Å². The van der Waals surface area contributed by atoms with Crippen LogP contribution in [-0.4, -0.2) is 21.8 Å². The van der Waals surface area contributed by atoms with Gasteiger partial charge in [-0.05, 0) is 31.9 Å². The molecule has 1 unspecified atom stereocenters. The Balaban J connectivity index is 2.55. The summed E-state index contributed by atoms with van der Waals surface area (Å²) in [5, 5.41) is 4.11. The molecule has 19 heavy (non-hydrogen) atoms. The van der Waals surface area contributed by atoms with Gasteiger partial charge in [0.25, 0.3) is 0 Å². The SMILES string of the molecule is CCC(C)SCc1nc(C)cc(CNCC(C)C)n1. The molecule has 3 nitrogen and oxygen atoms in total. The minimum absolute atomic E-state index is 0.670. The number of nitrogens with one attached hydrogen (secondary N) is 1. The standard InChI is InChI=1S/C15H27N3S/c1-6-13(5)19-10-15-17-12(4)7-14(18-15)9-16-8-11(2)3/h7,11,13,16H,6,8-10H2,1-5H3. The van der Waals surface area contributed by atoms with Crippen molar-refractivity contribution in [3.63, 3.8) is 0 Å². The molecule has 108 valence electrons. The van der Waals surface area contributed by atoms with Crippen LogP contribution in [0.25, 0.3) is 0 Å². The Kier molecular flexibility index (Phi) is 7.39. The van der Waals surface area contributed by atoms with Crippen LogP contribution < -0.4 is 5.32 Å². The van der Waals surface area contributed by atoms with Crippen molar-refractivity contribution in [3.8, 4) is 0 Å². The van der Waals surface area contributed by atoms with Gasteiger partial charge in [-0.1, -0.05) is 27.7 Å². The van der Waals surface area contributed by atoms with Crippen molar-refractivity contribution in [2.24, 2.45) is 5.92 Å². The van der Waals surface area contributed by atoms with Gasteiger partial charge in [-0.2, -0.15) is 11.8 Å². The molecule has 4 heteroatoms. The molecule has 1 aromatic heterocycles. The topological polar surface area (TPSA) is 37.8 Å². The highest BCUT2D eigenvalue weighted by molar-refractivity contribution is 7.99. The minimum atomic E-state index is 0.670. The van der Waals surface area contributed by atoms with E-state index in [0.717, 1.165) is 36.1 Å². The lowest BCUT2D eigenvalue weighted by Crippen LogP contribution is -2.20. The van der Waals surface area contributed by atoms with Gasteiger partial charge in [-0.3, -0.25) is 0 Å². The normalized spacial score (nSPS) is 12.9. The molecule has 0 aliphatic carbocycles. The lowest BCUT2D eigenvalue weighted by molar-refractivity contribution is 0.547. The maximum Gasteiger partial charge on any atom is 0.138 e. The first kappa shape index (κ1) is 16.4. The van der Waals surface area contributed by atoms with E-state index in [-0.39, 0.29) is 0 Å². The summed E-state index contributed by atoms with van der Waals surface area (Å²) in [6.07, 6.45) is 1.19. The number of hydrogen-bond donors (Lipinski definition) is 1. The number of nitrogens with zero attached hydrogens (tertiary/aromatic N) is 2. The summed E-state index contributed by atoms with van der Waals surface area (Å²) in [4.78, 5) is 9.17. The number of hydrogen-bond acceptors (Lipinski definition) is 4. The molecule has 0 aromatic carbocycles. The van der Waals surface area contributed by atoms with E-state index in [4.69, 9.17) is 0 Å². The predicted octanol–water partition coefficient (Wildman–Crippen LogP) is 3.56. The van der Waals surface area contributed by atoms with E-state index in [1.165, 1.54) is 6.42 Å². The first-order valence-electron chi connectivity index (χ1n) is 7.17. The van der Waals surface area contributed by atoms with Crippen molar-refractivity contribution < 1.29 is 0 Å². The van der Waals surface area contributed by atoms with Crippen LogP contribution in [0, 0.1) is 12.8 Å². The number of aromatic nitrogens is 2. The Labute approximate surface area is 122 Å². The van der Waals surface area contributed by atoms with Crippen LogP contribution >= 0.6 is 11.8 Å². The van der Waals surface area contributed by atoms with Gasteiger partial charge in [0.05, 0.1) is 11.4 Å². The molecule has 1 heterocycles. The van der Waals surface area contributed by atoms with Crippen LogP contribution in [0.3, 0.4) is 0 Å². The van der Waals surface area contributed by atoms with Crippen LogP contribution in [0.2, 0.25) is 0 Å². The third-order valence-electron chi connectivity index (χ3n) is 2.88. The molecule has 0 saturated heterocycles. The zero-order valence-electron chi connectivity index (χ0n) is 12.9. The lowest BCUT2D eigenvalue weighted by atomic mass is 10.2. The number of rotatable bonds is 8. The quantitative estimate of drug-likeness (QED) is 0.790. The summed E-state index contributed by atoms with van der Waals surface area (Å²) in [6.45, 7) is 12.8. The molecule has 1 N–H and O–H groups in total. The van der Waals surface area contributed by atoms with Crippen LogP contribution in [0.5, 0.6) is 0 Å². The summed E-state index contributed by atoms with van der Waals surface area (Å²) < 4.78 is 0. The number of thioether (sulfide) groups is 1. The third-order valence-corrected chi connectivity index (χ3v) is 4.21. The molecule has 0 aliphatic rings. The largest absolute Gasteiger partial charge is 0.311 e. The third kappa shape index (κ3) is 6.92. The smallest absolute Gasteiger partial charge is 0.138 e. The first-order valence-corrected chi connectivity index (χ1v) is 8.21. The molecule has 0 amide bonds. The molecule has 0 spiro atoms. The predicted molar refractivity (Wildman–Crippen MR) is 84.4 cm³/mol. The van der Waals surface area contributed by atoms with E-state index in [1.54, 1.807) is 0 Å². The molecule has 0 saturated carbocycles. The van der Waals surface area contributed by atoms with E-state index >= 15 is 0 Å². The van der Waals surface area contributed by atoms with Crippen LogP contribution in [0.1, 0.15) is 51.3 Å². The highest BCUT2D eigenvalue weighted by atomic mass is 32.2. The molecule has 1 aromatic rings. The van der Waals surface area contributed by atoms with Gasteiger partial charge >= 0.3 is 0 Å². The van der Waals surface area contributed by atoms with Crippen molar-refractivity contribution in [1.29, 1.82) is 0 Å². The van der Waals surface area contributed by atoms with E-state index in [2.05, 4.69) is 49.0 Å². The van der Waals surface area contributed by atoms with Gasteiger partial charge < -0.3 is 5.32 Å². The van der Waals surface area contributed by atoms with Crippen LogP contribution in [0.15, 0.2) is 6.07 Å². The van der Waals surface area contributed by atoms with Crippen LogP contribution in [-0.2, 0) is 12.3 Å². The summed E-state index contributed by atoms with van der Waals surface area (Å²) in [7, 11) is 0. The summed E-state index contributed by atoms with van der Waals surface area (Å²) in [6, 6.07) is 2.07. The summed E-state index contributed by atoms with van der Waals surface area (Å²) in [5.41, 5.74) is 2.17. The Morgan fingerprint density at radius 2 is 2.00 bits per heavy atom. The van der Waals surface area contributed by atoms with Gasteiger partial charge in [0.1, 0.15) is 5.82 Å². The summed E-state index contributed by atoms with van der Waals surface area (Å²) in [5.74, 6) is 2.54. The number of aryl methyl sites for hydroxylation is 1. The Morgan fingerprint density at radius 1 is 1.26 bits per heavy atom. The monoisotopic (exact) mass is 281 g/mol. The van der Waals surface area contributed by atoms with Crippen molar-refractivity contribution >= 4 is 11.8 Å². The second kappa shape index (κ2) is 8.54. The van der Waals surface area contributed by atoms with Crippen molar-refractivity contribution in [1.82, 2.24) is 15.3 Å². The molecule has 1 rings (SSSR count).